The molecule has 0 spiro atoms. The maximum Gasteiger partial charge on any atom is 0.191 e. The molecule has 0 bridgehead atoms. The summed E-state index contributed by atoms with van der Waals surface area (Å²) in [6.45, 7) is 10.9. The fourth-order valence-corrected chi connectivity index (χ4v) is 5.02. The van der Waals surface area contributed by atoms with Crippen molar-refractivity contribution < 1.29 is 9.47 Å². The van der Waals surface area contributed by atoms with Gasteiger partial charge in [-0.25, -0.2) is 0 Å². The lowest BCUT2D eigenvalue weighted by Gasteiger charge is -2.54. The highest BCUT2D eigenvalue weighted by atomic mass is 16.5. The van der Waals surface area contributed by atoms with Crippen LogP contribution in [0.1, 0.15) is 31.4 Å². The van der Waals surface area contributed by atoms with Gasteiger partial charge in [-0.15, -0.1) is 0 Å². The Balaban J connectivity index is 1.35. The quantitative estimate of drug-likeness (QED) is 0.599. The Morgan fingerprint density at radius 3 is 2.68 bits per heavy atom. The first kappa shape index (κ1) is 19.7. The Morgan fingerprint density at radius 2 is 1.93 bits per heavy atom. The van der Waals surface area contributed by atoms with Gasteiger partial charge in [0.25, 0.3) is 0 Å². The molecule has 2 aliphatic heterocycles. The number of fused-ring (bicyclic) bond motifs is 1. The van der Waals surface area contributed by atoms with Gasteiger partial charge >= 0.3 is 0 Å². The van der Waals surface area contributed by atoms with E-state index in [0.717, 1.165) is 58.4 Å². The molecule has 3 fully saturated rings. The number of nitrogens with zero attached hydrogens (tertiary/aromatic N) is 2. The zero-order chi connectivity index (χ0) is 19.6. The van der Waals surface area contributed by atoms with Gasteiger partial charge in [-0.2, -0.15) is 0 Å². The number of morpholine rings is 1. The van der Waals surface area contributed by atoms with Crippen LogP contribution in [0, 0.1) is 11.3 Å². The number of nitrogens with one attached hydrogen (secondary N) is 2. The molecule has 1 saturated carbocycles. The first-order chi connectivity index (χ1) is 13.6. The van der Waals surface area contributed by atoms with E-state index in [2.05, 4.69) is 58.6 Å². The highest BCUT2D eigenvalue weighted by Gasteiger charge is 2.59. The summed E-state index contributed by atoms with van der Waals surface area (Å²) in [6.07, 6.45) is 1.53. The first-order valence-corrected chi connectivity index (χ1v) is 10.6. The summed E-state index contributed by atoms with van der Waals surface area (Å²) in [4.78, 5) is 6.94. The zero-order valence-corrected chi connectivity index (χ0v) is 17.4. The van der Waals surface area contributed by atoms with Gasteiger partial charge in [0.2, 0.25) is 0 Å². The molecule has 0 radical (unpaired) electrons. The number of rotatable bonds is 5. The molecule has 2 heterocycles. The van der Waals surface area contributed by atoms with Gasteiger partial charge in [0.15, 0.2) is 5.96 Å². The van der Waals surface area contributed by atoms with Gasteiger partial charge in [-0.1, -0.05) is 38.1 Å². The second-order valence-electron chi connectivity index (χ2n) is 8.77. The molecule has 2 N–H and O–H groups in total. The molecule has 3 aliphatic rings. The van der Waals surface area contributed by atoms with Crippen LogP contribution in [0.4, 0.5) is 0 Å². The molecule has 3 atom stereocenters. The Hall–Kier alpha value is -1.63. The summed E-state index contributed by atoms with van der Waals surface area (Å²) in [5.74, 6) is 1.48. The molecular formula is C22H34N4O2. The van der Waals surface area contributed by atoms with Crippen molar-refractivity contribution in [3.05, 3.63) is 35.4 Å². The minimum atomic E-state index is 0.146. The van der Waals surface area contributed by atoms with Crippen LogP contribution in [-0.4, -0.2) is 63.0 Å². The molecule has 1 aromatic rings. The van der Waals surface area contributed by atoms with Gasteiger partial charge in [0, 0.05) is 57.2 Å². The van der Waals surface area contributed by atoms with Gasteiger partial charge in [0.05, 0.1) is 19.3 Å². The lowest BCUT2D eigenvalue weighted by atomic mass is 9.57. The molecule has 3 unspecified atom stereocenters. The van der Waals surface area contributed by atoms with E-state index in [4.69, 9.17) is 9.47 Å². The molecule has 154 valence electrons. The van der Waals surface area contributed by atoms with E-state index in [1.54, 1.807) is 0 Å². The average Bonchev–Trinajstić information content (AvgIpc) is 3.17. The zero-order valence-electron chi connectivity index (χ0n) is 17.4. The molecule has 2 saturated heterocycles. The second-order valence-corrected chi connectivity index (χ2v) is 8.77. The fraction of sp³-hybridized carbons (Fsp3) is 0.682. The SMILES string of the molecule is CN=C(NCc1ccccc1CN1CCOCC1)NC1C2CCOC2C1(C)C. The molecule has 1 aromatic carbocycles. The minimum Gasteiger partial charge on any atom is -0.379 e. The van der Waals surface area contributed by atoms with Crippen molar-refractivity contribution in [1.29, 1.82) is 0 Å². The molecule has 4 rings (SSSR count). The van der Waals surface area contributed by atoms with Crippen LogP contribution in [0.3, 0.4) is 0 Å². The summed E-state index contributed by atoms with van der Waals surface area (Å²) in [5, 5.41) is 7.20. The number of hydrogen-bond acceptors (Lipinski definition) is 4. The molecule has 6 nitrogen and oxygen atoms in total. The van der Waals surface area contributed by atoms with Crippen molar-refractivity contribution in [2.24, 2.45) is 16.3 Å². The lowest BCUT2D eigenvalue weighted by Crippen LogP contribution is -2.67. The van der Waals surface area contributed by atoms with E-state index in [1.165, 1.54) is 11.1 Å². The Bertz CT molecular complexity index is 700. The lowest BCUT2D eigenvalue weighted by molar-refractivity contribution is -0.106. The molecule has 0 aromatic heterocycles. The third-order valence-corrected chi connectivity index (χ3v) is 6.68. The Labute approximate surface area is 168 Å². The topological polar surface area (TPSA) is 58.1 Å². The van der Waals surface area contributed by atoms with E-state index >= 15 is 0 Å². The van der Waals surface area contributed by atoms with Crippen LogP contribution in [0.15, 0.2) is 29.3 Å². The monoisotopic (exact) mass is 386 g/mol. The van der Waals surface area contributed by atoms with Crippen molar-refractivity contribution in [2.45, 2.75) is 45.5 Å². The van der Waals surface area contributed by atoms with Crippen LogP contribution in [-0.2, 0) is 22.6 Å². The smallest absolute Gasteiger partial charge is 0.191 e. The van der Waals surface area contributed by atoms with E-state index in [-0.39, 0.29) is 5.41 Å². The number of guanidine groups is 1. The van der Waals surface area contributed by atoms with Crippen molar-refractivity contribution >= 4 is 5.96 Å². The van der Waals surface area contributed by atoms with E-state index in [9.17, 15) is 0 Å². The summed E-state index contributed by atoms with van der Waals surface area (Å²) >= 11 is 0. The van der Waals surface area contributed by atoms with E-state index < -0.39 is 0 Å². The highest BCUT2D eigenvalue weighted by molar-refractivity contribution is 5.80. The first-order valence-electron chi connectivity index (χ1n) is 10.6. The third kappa shape index (κ3) is 3.91. The van der Waals surface area contributed by atoms with Crippen LogP contribution >= 0.6 is 0 Å². The minimum absolute atomic E-state index is 0.146. The van der Waals surface area contributed by atoms with Gasteiger partial charge in [-0.3, -0.25) is 9.89 Å². The van der Waals surface area contributed by atoms with Gasteiger partial charge < -0.3 is 20.1 Å². The summed E-state index contributed by atoms with van der Waals surface area (Å²) in [7, 11) is 1.85. The number of ether oxygens (including phenoxy) is 2. The summed E-state index contributed by atoms with van der Waals surface area (Å²) < 4.78 is 11.4. The molecule has 28 heavy (non-hydrogen) atoms. The molecular weight excluding hydrogens is 352 g/mol. The number of hydrogen-bond donors (Lipinski definition) is 2. The van der Waals surface area contributed by atoms with Crippen LogP contribution in [0.25, 0.3) is 0 Å². The molecule has 0 amide bonds. The third-order valence-electron chi connectivity index (χ3n) is 6.68. The van der Waals surface area contributed by atoms with Crippen LogP contribution in [0.2, 0.25) is 0 Å². The van der Waals surface area contributed by atoms with Crippen molar-refractivity contribution in [3.8, 4) is 0 Å². The van der Waals surface area contributed by atoms with Crippen molar-refractivity contribution in [2.75, 3.05) is 40.0 Å². The van der Waals surface area contributed by atoms with Crippen LogP contribution < -0.4 is 10.6 Å². The average molecular weight is 387 g/mol. The number of aliphatic imine (C=N–C) groups is 1. The predicted octanol–water partition coefficient (Wildman–Crippen LogP) is 2.00. The summed E-state index contributed by atoms with van der Waals surface area (Å²) in [5.41, 5.74) is 2.85. The number of benzene rings is 1. The summed E-state index contributed by atoms with van der Waals surface area (Å²) in [6, 6.07) is 9.10. The van der Waals surface area contributed by atoms with Gasteiger partial charge in [0.1, 0.15) is 0 Å². The van der Waals surface area contributed by atoms with E-state index in [0.29, 0.717) is 18.1 Å². The van der Waals surface area contributed by atoms with E-state index in [1.807, 2.05) is 7.05 Å². The fourth-order valence-electron chi connectivity index (χ4n) is 5.02. The van der Waals surface area contributed by atoms with Crippen molar-refractivity contribution in [3.63, 3.8) is 0 Å². The highest BCUT2D eigenvalue weighted by Crippen LogP contribution is 2.52. The van der Waals surface area contributed by atoms with Gasteiger partial charge in [-0.05, 0) is 17.5 Å². The molecule has 1 aliphatic carbocycles. The predicted molar refractivity (Wildman–Crippen MR) is 111 cm³/mol. The maximum atomic E-state index is 5.92. The molecule has 6 heteroatoms. The largest absolute Gasteiger partial charge is 0.379 e. The Morgan fingerprint density at radius 1 is 1.18 bits per heavy atom. The second kappa shape index (κ2) is 8.39. The Kier molecular flexibility index (Phi) is 5.90. The van der Waals surface area contributed by atoms with Crippen LogP contribution in [0.5, 0.6) is 0 Å². The normalized spacial score (nSPS) is 29.8. The standard InChI is InChI=1S/C22H34N4O2/c1-22(2)19(18-8-11-28-20(18)22)25-21(23-3)24-14-16-6-4-5-7-17(16)15-26-9-12-27-13-10-26/h4-7,18-20H,8-15H2,1-3H3,(H2,23,24,25). The van der Waals surface area contributed by atoms with Crippen molar-refractivity contribution in [1.82, 2.24) is 15.5 Å². The maximum absolute atomic E-state index is 5.92.